The van der Waals surface area contributed by atoms with Gasteiger partial charge < -0.3 is 5.32 Å². The van der Waals surface area contributed by atoms with E-state index in [0.29, 0.717) is 5.56 Å². The lowest BCUT2D eigenvalue weighted by atomic mass is 10.1. The van der Waals surface area contributed by atoms with Crippen LogP contribution in [0.1, 0.15) is 49.2 Å². The van der Waals surface area contributed by atoms with Crippen molar-refractivity contribution in [3.05, 3.63) is 65.2 Å². The summed E-state index contributed by atoms with van der Waals surface area (Å²) < 4.78 is 0. The monoisotopic (exact) mass is 285 g/mol. The number of anilines is 1. The maximum Gasteiger partial charge on any atom is 0.255 e. The molecule has 0 aliphatic rings. The van der Waals surface area contributed by atoms with Crippen LogP contribution < -0.4 is 5.32 Å². The van der Waals surface area contributed by atoms with Crippen LogP contribution in [0.5, 0.6) is 0 Å². The fraction of sp³-hybridized carbons (Fsp3) is 0.316. The summed E-state index contributed by atoms with van der Waals surface area (Å²) in [6.07, 6.45) is 0. The molecule has 0 aliphatic carbocycles. The average Bonchev–Trinajstić information content (AvgIpc) is 2.54. The number of nitrogens with one attached hydrogen (secondary N) is 1. The largest absolute Gasteiger partial charge is 0.322 e. The van der Waals surface area contributed by atoms with Gasteiger partial charge >= 0.3 is 0 Å². The van der Waals surface area contributed by atoms with Gasteiger partial charge in [0.25, 0.3) is 5.91 Å². The van der Waals surface area contributed by atoms with Gasteiger partial charge in [0.2, 0.25) is 0 Å². The number of amides is 1. The lowest BCUT2D eigenvalue weighted by Crippen LogP contribution is -2.11. The zero-order valence-corrected chi connectivity index (χ0v) is 14.0. The summed E-state index contributed by atoms with van der Waals surface area (Å²) in [5, 5.41) is 2.87. The van der Waals surface area contributed by atoms with Crippen molar-refractivity contribution in [1.29, 1.82) is 0 Å². The van der Waals surface area contributed by atoms with Gasteiger partial charge in [0.15, 0.2) is 0 Å². The molecule has 0 spiro atoms. The molecule has 2 rings (SSSR count). The molecule has 0 bridgehead atoms. The average molecular weight is 285 g/mol. The highest BCUT2D eigenvalue weighted by Gasteiger charge is 2.04. The van der Waals surface area contributed by atoms with E-state index in [1.54, 1.807) is 0 Å². The van der Waals surface area contributed by atoms with E-state index in [-0.39, 0.29) is 5.91 Å². The Hall–Kier alpha value is -2.09. The zero-order chi connectivity index (χ0) is 16.3. The molecule has 0 fully saturated rings. The Morgan fingerprint density at radius 3 is 1.52 bits per heavy atom. The topological polar surface area (TPSA) is 29.1 Å². The molecule has 0 heterocycles. The van der Waals surface area contributed by atoms with Crippen molar-refractivity contribution in [1.82, 2.24) is 0 Å². The highest BCUT2D eigenvalue weighted by Crippen LogP contribution is 2.11. The Labute approximate surface area is 129 Å². The molecule has 0 atom stereocenters. The van der Waals surface area contributed by atoms with Crippen molar-refractivity contribution in [2.75, 3.05) is 5.32 Å². The van der Waals surface area contributed by atoms with E-state index >= 15 is 0 Å². The zero-order valence-electron chi connectivity index (χ0n) is 14.0. The maximum atomic E-state index is 11.9. The van der Waals surface area contributed by atoms with Crippen LogP contribution in [0.2, 0.25) is 0 Å². The lowest BCUT2D eigenvalue weighted by molar-refractivity contribution is 0.102. The van der Waals surface area contributed by atoms with E-state index in [0.717, 1.165) is 11.3 Å². The minimum absolute atomic E-state index is 0.0751. The molecule has 114 valence electrons. The van der Waals surface area contributed by atoms with Crippen LogP contribution in [0.4, 0.5) is 5.69 Å². The van der Waals surface area contributed by atoms with Gasteiger partial charge in [0.05, 0.1) is 0 Å². The molecule has 2 aromatic rings. The Morgan fingerprint density at radius 2 is 1.10 bits per heavy atom. The first kappa shape index (κ1) is 18.9. The van der Waals surface area contributed by atoms with Crippen LogP contribution in [0.15, 0.2) is 48.5 Å². The third-order valence-electron chi connectivity index (χ3n) is 2.62. The van der Waals surface area contributed by atoms with Crippen molar-refractivity contribution in [2.45, 2.75) is 41.5 Å². The van der Waals surface area contributed by atoms with E-state index in [9.17, 15) is 4.79 Å². The van der Waals surface area contributed by atoms with Gasteiger partial charge in [-0.25, -0.2) is 0 Å². The first-order chi connectivity index (χ1) is 10.1. The number of rotatable bonds is 2. The number of aryl methyl sites for hydroxylation is 2. The van der Waals surface area contributed by atoms with E-state index in [4.69, 9.17) is 0 Å². The molecular formula is C19H27NO. The molecule has 21 heavy (non-hydrogen) atoms. The number of hydrogen-bond donors (Lipinski definition) is 1. The molecule has 2 aromatic carbocycles. The van der Waals surface area contributed by atoms with Gasteiger partial charge in [0, 0.05) is 11.3 Å². The Bertz CT molecular complexity index is 512. The predicted molar refractivity (Wildman–Crippen MR) is 93.0 cm³/mol. The number of benzene rings is 2. The van der Waals surface area contributed by atoms with Crippen LogP contribution in [-0.4, -0.2) is 5.91 Å². The SMILES string of the molecule is CC.CC.Cc1ccc(NC(=O)c2ccc(C)cc2)cc1. The summed E-state index contributed by atoms with van der Waals surface area (Å²) in [5.74, 6) is -0.0751. The van der Waals surface area contributed by atoms with Crippen LogP contribution in [0.3, 0.4) is 0 Å². The molecule has 1 N–H and O–H groups in total. The second-order valence-corrected chi connectivity index (χ2v) is 4.19. The van der Waals surface area contributed by atoms with Gasteiger partial charge in [-0.05, 0) is 38.1 Å². The van der Waals surface area contributed by atoms with Gasteiger partial charge in [0.1, 0.15) is 0 Å². The third-order valence-corrected chi connectivity index (χ3v) is 2.62. The van der Waals surface area contributed by atoms with E-state index < -0.39 is 0 Å². The fourth-order valence-electron chi connectivity index (χ4n) is 1.55. The minimum atomic E-state index is -0.0751. The molecular weight excluding hydrogens is 258 g/mol. The molecule has 0 unspecified atom stereocenters. The van der Waals surface area contributed by atoms with Crippen molar-refractivity contribution < 1.29 is 4.79 Å². The minimum Gasteiger partial charge on any atom is -0.322 e. The first-order valence-corrected chi connectivity index (χ1v) is 7.60. The van der Waals surface area contributed by atoms with E-state index in [1.807, 2.05) is 90.1 Å². The van der Waals surface area contributed by atoms with Crippen LogP contribution in [0, 0.1) is 13.8 Å². The van der Waals surface area contributed by atoms with E-state index in [2.05, 4.69) is 5.32 Å². The van der Waals surface area contributed by atoms with Gasteiger partial charge in [-0.1, -0.05) is 63.1 Å². The summed E-state index contributed by atoms with van der Waals surface area (Å²) in [4.78, 5) is 11.9. The highest BCUT2D eigenvalue weighted by atomic mass is 16.1. The van der Waals surface area contributed by atoms with Crippen molar-refractivity contribution in [3.8, 4) is 0 Å². The van der Waals surface area contributed by atoms with Crippen LogP contribution in [0.25, 0.3) is 0 Å². The molecule has 0 aliphatic heterocycles. The Morgan fingerprint density at radius 1 is 0.714 bits per heavy atom. The number of hydrogen-bond acceptors (Lipinski definition) is 1. The van der Waals surface area contributed by atoms with Crippen LogP contribution >= 0.6 is 0 Å². The standard InChI is InChI=1S/C15H15NO.2C2H6/c1-11-3-7-13(8-4-11)15(17)16-14-9-5-12(2)6-10-14;2*1-2/h3-10H,1-2H3,(H,16,17);2*1-2H3. The summed E-state index contributed by atoms with van der Waals surface area (Å²) in [6, 6.07) is 15.3. The fourth-order valence-corrected chi connectivity index (χ4v) is 1.55. The molecule has 1 amide bonds. The van der Waals surface area contributed by atoms with Crippen LogP contribution in [-0.2, 0) is 0 Å². The number of carbonyl (C=O) groups is 1. The molecule has 2 nitrogen and oxygen atoms in total. The van der Waals surface area contributed by atoms with Gasteiger partial charge in [-0.2, -0.15) is 0 Å². The number of carbonyl (C=O) groups excluding carboxylic acids is 1. The normalized spacial score (nSPS) is 8.67. The summed E-state index contributed by atoms with van der Waals surface area (Å²) >= 11 is 0. The van der Waals surface area contributed by atoms with Gasteiger partial charge in [-0.15, -0.1) is 0 Å². The molecule has 0 radical (unpaired) electrons. The lowest BCUT2D eigenvalue weighted by Gasteiger charge is -2.05. The smallest absolute Gasteiger partial charge is 0.255 e. The summed E-state index contributed by atoms with van der Waals surface area (Å²) in [5.41, 5.74) is 3.83. The second kappa shape index (κ2) is 10.7. The van der Waals surface area contributed by atoms with Crippen molar-refractivity contribution >= 4 is 11.6 Å². The van der Waals surface area contributed by atoms with Gasteiger partial charge in [-0.3, -0.25) is 4.79 Å². The Balaban J connectivity index is 0.000000921. The van der Waals surface area contributed by atoms with E-state index in [1.165, 1.54) is 5.56 Å². The third kappa shape index (κ3) is 6.75. The summed E-state index contributed by atoms with van der Waals surface area (Å²) in [6.45, 7) is 12.0. The second-order valence-electron chi connectivity index (χ2n) is 4.19. The Kier molecular flexibility index (Phi) is 9.61. The molecule has 0 aromatic heterocycles. The maximum absolute atomic E-state index is 11.9. The first-order valence-electron chi connectivity index (χ1n) is 7.60. The predicted octanol–water partition coefficient (Wildman–Crippen LogP) is 5.61. The quantitative estimate of drug-likeness (QED) is 0.763. The molecule has 0 saturated carbocycles. The highest BCUT2D eigenvalue weighted by molar-refractivity contribution is 6.04. The summed E-state index contributed by atoms with van der Waals surface area (Å²) in [7, 11) is 0. The molecule has 0 saturated heterocycles. The van der Waals surface area contributed by atoms with Crippen molar-refractivity contribution in [3.63, 3.8) is 0 Å². The van der Waals surface area contributed by atoms with Crippen molar-refractivity contribution in [2.24, 2.45) is 0 Å². The molecule has 2 heteroatoms.